The van der Waals surface area contributed by atoms with Crippen molar-refractivity contribution in [1.82, 2.24) is 9.97 Å². The Labute approximate surface area is 135 Å². The van der Waals surface area contributed by atoms with E-state index in [1.807, 2.05) is 23.7 Å². The standard InChI is InChI=1S/C17H10ClFN2S/c18-15-3-1-2-12(16(15)19)14-8-21-17-13(14)6-11(7-20-17)10-4-5-22-9-10/h1-9H,(H,20,21). The molecule has 0 saturated heterocycles. The van der Waals surface area contributed by atoms with Crippen molar-refractivity contribution in [2.75, 3.05) is 0 Å². The zero-order valence-electron chi connectivity index (χ0n) is 11.3. The van der Waals surface area contributed by atoms with Crippen LogP contribution in [0.15, 0.2) is 53.5 Å². The zero-order chi connectivity index (χ0) is 15.1. The Morgan fingerprint density at radius 2 is 2.05 bits per heavy atom. The Hall–Kier alpha value is -2.17. The summed E-state index contributed by atoms with van der Waals surface area (Å²) in [6.45, 7) is 0. The first-order valence-corrected chi connectivity index (χ1v) is 8.00. The second kappa shape index (κ2) is 5.23. The SMILES string of the molecule is Fc1c(Cl)cccc1-c1c[nH]c2ncc(-c3ccsc3)cc12. The van der Waals surface area contributed by atoms with E-state index in [0.717, 1.165) is 27.7 Å². The molecule has 4 rings (SSSR count). The molecule has 1 N–H and O–H groups in total. The first-order valence-electron chi connectivity index (χ1n) is 6.68. The summed E-state index contributed by atoms with van der Waals surface area (Å²) in [5, 5.41) is 5.09. The third-order valence-corrected chi connectivity index (χ3v) is 4.60. The number of thiophene rings is 1. The topological polar surface area (TPSA) is 28.7 Å². The predicted molar refractivity (Wildman–Crippen MR) is 89.8 cm³/mol. The van der Waals surface area contributed by atoms with Crippen LogP contribution in [0.5, 0.6) is 0 Å². The minimum atomic E-state index is -0.411. The number of benzene rings is 1. The lowest BCUT2D eigenvalue weighted by Crippen LogP contribution is -1.85. The second-order valence-electron chi connectivity index (χ2n) is 4.94. The van der Waals surface area contributed by atoms with Gasteiger partial charge in [-0.2, -0.15) is 11.3 Å². The van der Waals surface area contributed by atoms with E-state index >= 15 is 0 Å². The van der Waals surface area contributed by atoms with Crippen LogP contribution < -0.4 is 0 Å². The lowest BCUT2D eigenvalue weighted by Gasteiger charge is -2.04. The number of aromatic amines is 1. The van der Waals surface area contributed by atoms with Gasteiger partial charge in [0.25, 0.3) is 0 Å². The summed E-state index contributed by atoms with van der Waals surface area (Å²) in [5.41, 5.74) is 4.09. The summed E-state index contributed by atoms with van der Waals surface area (Å²) in [5.74, 6) is -0.411. The molecule has 5 heteroatoms. The third-order valence-electron chi connectivity index (χ3n) is 3.63. The van der Waals surface area contributed by atoms with Crippen LogP contribution >= 0.6 is 22.9 Å². The maximum absolute atomic E-state index is 14.3. The van der Waals surface area contributed by atoms with Crippen LogP contribution in [-0.2, 0) is 0 Å². The molecule has 1 aromatic carbocycles. The highest BCUT2D eigenvalue weighted by molar-refractivity contribution is 7.08. The molecule has 0 amide bonds. The maximum atomic E-state index is 14.3. The van der Waals surface area contributed by atoms with Crippen LogP contribution in [-0.4, -0.2) is 9.97 Å². The number of rotatable bonds is 2. The molecule has 0 bridgehead atoms. The molecule has 0 spiro atoms. The summed E-state index contributed by atoms with van der Waals surface area (Å²) in [4.78, 5) is 7.52. The average Bonchev–Trinajstić information content (AvgIpc) is 3.18. The Bertz CT molecular complexity index is 960. The van der Waals surface area contributed by atoms with E-state index in [1.54, 1.807) is 35.7 Å². The van der Waals surface area contributed by atoms with Gasteiger partial charge in [-0.05, 0) is 34.5 Å². The Morgan fingerprint density at radius 1 is 1.14 bits per heavy atom. The average molecular weight is 329 g/mol. The quantitative estimate of drug-likeness (QED) is 0.498. The maximum Gasteiger partial charge on any atom is 0.149 e. The number of hydrogen-bond acceptors (Lipinski definition) is 2. The molecule has 0 aliphatic carbocycles. The van der Waals surface area contributed by atoms with E-state index in [9.17, 15) is 4.39 Å². The number of aromatic nitrogens is 2. The summed E-state index contributed by atoms with van der Waals surface area (Å²) in [7, 11) is 0. The molecule has 0 fully saturated rings. The molecule has 3 aromatic heterocycles. The molecule has 0 unspecified atom stereocenters. The monoisotopic (exact) mass is 328 g/mol. The van der Waals surface area contributed by atoms with Crippen molar-refractivity contribution in [3.05, 3.63) is 64.3 Å². The molecule has 22 heavy (non-hydrogen) atoms. The largest absolute Gasteiger partial charge is 0.346 e. The Morgan fingerprint density at radius 3 is 2.86 bits per heavy atom. The fourth-order valence-electron chi connectivity index (χ4n) is 2.52. The van der Waals surface area contributed by atoms with E-state index in [-0.39, 0.29) is 5.02 Å². The number of fused-ring (bicyclic) bond motifs is 1. The number of halogens is 2. The minimum Gasteiger partial charge on any atom is -0.346 e. The van der Waals surface area contributed by atoms with Crippen LogP contribution in [0.4, 0.5) is 4.39 Å². The molecule has 2 nitrogen and oxygen atoms in total. The number of nitrogens with one attached hydrogen (secondary N) is 1. The third kappa shape index (κ3) is 2.12. The molecule has 0 aliphatic heterocycles. The number of H-pyrrole nitrogens is 1. The molecular weight excluding hydrogens is 319 g/mol. The van der Waals surface area contributed by atoms with Crippen LogP contribution in [0.2, 0.25) is 5.02 Å². The minimum absolute atomic E-state index is 0.119. The van der Waals surface area contributed by atoms with Crippen molar-refractivity contribution in [3.8, 4) is 22.3 Å². The number of nitrogens with zero attached hydrogens (tertiary/aromatic N) is 1. The van der Waals surface area contributed by atoms with Crippen molar-refractivity contribution in [3.63, 3.8) is 0 Å². The van der Waals surface area contributed by atoms with Crippen molar-refractivity contribution in [2.45, 2.75) is 0 Å². The van der Waals surface area contributed by atoms with Crippen LogP contribution in [0.25, 0.3) is 33.3 Å². The first-order chi connectivity index (χ1) is 10.7. The smallest absolute Gasteiger partial charge is 0.149 e. The van der Waals surface area contributed by atoms with Gasteiger partial charge >= 0.3 is 0 Å². The first kappa shape index (κ1) is 13.5. The molecule has 0 radical (unpaired) electrons. The van der Waals surface area contributed by atoms with E-state index in [1.165, 1.54) is 0 Å². The Balaban J connectivity index is 1.95. The fraction of sp³-hybridized carbons (Fsp3) is 0. The zero-order valence-corrected chi connectivity index (χ0v) is 12.9. The van der Waals surface area contributed by atoms with E-state index in [2.05, 4.69) is 15.3 Å². The van der Waals surface area contributed by atoms with Crippen molar-refractivity contribution in [1.29, 1.82) is 0 Å². The van der Waals surface area contributed by atoms with Gasteiger partial charge in [-0.3, -0.25) is 0 Å². The lowest BCUT2D eigenvalue weighted by atomic mass is 10.0. The molecular formula is C17H10ClFN2S. The van der Waals surface area contributed by atoms with Gasteiger partial charge in [-0.1, -0.05) is 23.7 Å². The van der Waals surface area contributed by atoms with E-state index in [4.69, 9.17) is 11.6 Å². The summed E-state index contributed by atoms with van der Waals surface area (Å²) >= 11 is 7.53. The van der Waals surface area contributed by atoms with Crippen LogP contribution in [0, 0.1) is 5.82 Å². The summed E-state index contributed by atoms with van der Waals surface area (Å²) in [6, 6.07) is 9.08. The number of pyridine rings is 1. The van der Waals surface area contributed by atoms with Gasteiger partial charge in [0.1, 0.15) is 11.5 Å². The molecule has 3 heterocycles. The second-order valence-corrected chi connectivity index (χ2v) is 6.12. The van der Waals surface area contributed by atoms with Gasteiger partial charge in [0, 0.05) is 34.5 Å². The fourth-order valence-corrected chi connectivity index (χ4v) is 3.36. The van der Waals surface area contributed by atoms with Crippen LogP contribution in [0.3, 0.4) is 0 Å². The number of hydrogen-bond donors (Lipinski definition) is 1. The van der Waals surface area contributed by atoms with Gasteiger partial charge in [0.05, 0.1) is 5.02 Å². The molecule has 0 saturated carbocycles. The van der Waals surface area contributed by atoms with Gasteiger partial charge < -0.3 is 4.98 Å². The highest BCUT2D eigenvalue weighted by atomic mass is 35.5. The Kier molecular flexibility index (Phi) is 3.21. The summed E-state index contributed by atoms with van der Waals surface area (Å²) < 4.78 is 14.3. The van der Waals surface area contributed by atoms with Gasteiger partial charge in [0.2, 0.25) is 0 Å². The van der Waals surface area contributed by atoms with Gasteiger partial charge in [-0.25, -0.2) is 9.37 Å². The summed E-state index contributed by atoms with van der Waals surface area (Å²) in [6.07, 6.45) is 3.59. The predicted octanol–water partition coefficient (Wildman–Crippen LogP) is 5.75. The molecule has 0 atom stereocenters. The normalized spacial score (nSPS) is 11.2. The van der Waals surface area contributed by atoms with Crippen molar-refractivity contribution < 1.29 is 4.39 Å². The van der Waals surface area contributed by atoms with Gasteiger partial charge in [0.15, 0.2) is 0 Å². The molecule has 108 valence electrons. The molecule has 4 aromatic rings. The van der Waals surface area contributed by atoms with E-state index in [0.29, 0.717) is 5.56 Å². The highest BCUT2D eigenvalue weighted by Crippen LogP contribution is 2.34. The van der Waals surface area contributed by atoms with Crippen molar-refractivity contribution in [2.24, 2.45) is 0 Å². The van der Waals surface area contributed by atoms with Crippen molar-refractivity contribution >= 4 is 34.0 Å². The van der Waals surface area contributed by atoms with E-state index < -0.39 is 5.82 Å². The lowest BCUT2D eigenvalue weighted by molar-refractivity contribution is 0.632. The van der Waals surface area contributed by atoms with Crippen LogP contribution in [0.1, 0.15) is 0 Å². The highest BCUT2D eigenvalue weighted by Gasteiger charge is 2.14. The molecule has 0 aliphatic rings. The van der Waals surface area contributed by atoms with Gasteiger partial charge in [-0.15, -0.1) is 0 Å².